The fourth-order valence-corrected chi connectivity index (χ4v) is 5.18. The molecule has 30 heavy (non-hydrogen) atoms. The summed E-state index contributed by atoms with van der Waals surface area (Å²) in [7, 11) is -3.64. The second-order valence-electron chi connectivity index (χ2n) is 7.15. The number of sulfonamides is 1. The van der Waals surface area contributed by atoms with Crippen LogP contribution in [0.4, 0.5) is 4.39 Å². The number of aromatic amines is 1. The van der Waals surface area contributed by atoms with Gasteiger partial charge in [0.15, 0.2) is 0 Å². The number of ether oxygens (including phenoxy) is 1. The van der Waals surface area contributed by atoms with Crippen molar-refractivity contribution >= 4 is 21.6 Å². The largest absolute Gasteiger partial charge is 0.492 e. The maximum atomic E-state index is 13.1. The molecule has 1 aromatic heterocycles. The Bertz CT molecular complexity index is 1120. The van der Waals surface area contributed by atoms with Crippen LogP contribution >= 0.6 is 11.6 Å². The Balaban J connectivity index is 1.35. The van der Waals surface area contributed by atoms with Gasteiger partial charge >= 0.3 is 0 Å². The summed E-state index contributed by atoms with van der Waals surface area (Å²) in [6.45, 7) is 1.20. The summed E-state index contributed by atoms with van der Waals surface area (Å²) in [5.74, 6) is 0.182. The highest BCUT2D eigenvalue weighted by molar-refractivity contribution is 7.89. The third kappa shape index (κ3) is 4.50. The van der Waals surface area contributed by atoms with E-state index in [0.29, 0.717) is 43.3 Å². The van der Waals surface area contributed by atoms with Gasteiger partial charge in [-0.05, 0) is 48.9 Å². The van der Waals surface area contributed by atoms with Gasteiger partial charge in [-0.2, -0.15) is 9.40 Å². The lowest BCUT2D eigenvalue weighted by Crippen LogP contribution is -2.28. The van der Waals surface area contributed by atoms with Gasteiger partial charge in [0, 0.05) is 31.1 Å². The van der Waals surface area contributed by atoms with E-state index in [1.165, 1.54) is 16.4 Å². The van der Waals surface area contributed by atoms with Crippen molar-refractivity contribution in [2.75, 3.05) is 19.7 Å². The molecule has 1 aliphatic heterocycles. The van der Waals surface area contributed by atoms with Gasteiger partial charge in [-0.3, -0.25) is 5.10 Å². The quantitative estimate of drug-likeness (QED) is 0.591. The van der Waals surface area contributed by atoms with Gasteiger partial charge in [0.05, 0.1) is 22.2 Å². The standard InChI is InChI=1S/C21H21ClFN3O3S/c22-19-3-1-2-4-21(19)29-12-10-17-13-20(25-24-17)15-9-11-26(14-15)30(27,28)18-7-5-16(23)6-8-18/h1-8,13,15H,9-12,14H2,(H,24,25). The van der Waals surface area contributed by atoms with Crippen LogP contribution in [0.2, 0.25) is 5.02 Å². The second-order valence-corrected chi connectivity index (χ2v) is 9.49. The van der Waals surface area contributed by atoms with Crippen molar-refractivity contribution in [1.82, 2.24) is 14.5 Å². The Hall–Kier alpha value is -2.42. The number of benzene rings is 2. The molecule has 1 unspecified atom stereocenters. The van der Waals surface area contributed by atoms with Crippen LogP contribution < -0.4 is 4.74 Å². The summed E-state index contributed by atoms with van der Waals surface area (Å²) in [5.41, 5.74) is 1.75. The molecule has 0 saturated carbocycles. The first kappa shape index (κ1) is 20.8. The Morgan fingerprint density at radius 3 is 2.73 bits per heavy atom. The zero-order valence-electron chi connectivity index (χ0n) is 16.1. The van der Waals surface area contributed by atoms with E-state index in [1.54, 1.807) is 6.07 Å². The smallest absolute Gasteiger partial charge is 0.243 e. The van der Waals surface area contributed by atoms with Gasteiger partial charge < -0.3 is 4.74 Å². The van der Waals surface area contributed by atoms with Crippen LogP contribution in [0.5, 0.6) is 5.75 Å². The lowest BCUT2D eigenvalue weighted by atomic mass is 10.0. The summed E-state index contributed by atoms with van der Waals surface area (Å²) in [6.07, 6.45) is 1.31. The van der Waals surface area contributed by atoms with E-state index in [9.17, 15) is 12.8 Å². The fourth-order valence-electron chi connectivity index (χ4n) is 3.49. The van der Waals surface area contributed by atoms with Crippen molar-refractivity contribution in [3.05, 3.63) is 76.8 Å². The van der Waals surface area contributed by atoms with Gasteiger partial charge in [-0.25, -0.2) is 12.8 Å². The molecule has 1 fully saturated rings. The maximum Gasteiger partial charge on any atom is 0.243 e. The molecule has 0 radical (unpaired) electrons. The molecule has 1 aliphatic rings. The SMILES string of the molecule is O=S(=O)(c1ccc(F)cc1)N1CCC(c2cc(CCOc3ccccc3Cl)[nH]n2)C1. The minimum atomic E-state index is -3.64. The van der Waals surface area contributed by atoms with Crippen molar-refractivity contribution in [2.45, 2.75) is 23.7 Å². The van der Waals surface area contributed by atoms with E-state index < -0.39 is 15.8 Å². The van der Waals surface area contributed by atoms with Gasteiger partial charge in [0.25, 0.3) is 0 Å². The second kappa shape index (κ2) is 8.75. The fraction of sp³-hybridized carbons (Fsp3) is 0.286. The normalized spacial score (nSPS) is 17.3. The van der Waals surface area contributed by atoms with Crippen LogP contribution in [0.1, 0.15) is 23.7 Å². The molecule has 0 amide bonds. The van der Waals surface area contributed by atoms with Crippen molar-refractivity contribution < 1.29 is 17.5 Å². The Morgan fingerprint density at radius 1 is 1.20 bits per heavy atom. The maximum absolute atomic E-state index is 13.1. The highest BCUT2D eigenvalue weighted by Gasteiger charge is 2.34. The number of hydrogen-bond donors (Lipinski definition) is 1. The van der Waals surface area contributed by atoms with Crippen LogP contribution in [0, 0.1) is 5.82 Å². The first-order valence-electron chi connectivity index (χ1n) is 9.61. The van der Waals surface area contributed by atoms with Crippen molar-refractivity contribution in [3.8, 4) is 5.75 Å². The lowest BCUT2D eigenvalue weighted by Gasteiger charge is -2.16. The summed E-state index contributed by atoms with van der Waals surface area (Å²) in [5, 5.41) is 7.93. The number of rotatable bonds is 7. The van der Waals surface area contributed by atoms with E-state index in [2.05, 4.69) is 10.2 Å². The number of nitrogens with zero attached hydrogens (tertiary/aromatic N) is 2. The third-order valence-corrected chi connectivity index (χ3v) is 7.33. The molecule has 9 heteroatoms. The van der Waals surface area contributed by atoms with E-state index in [0.717, 1.165) is 23.5 Å². The molecule has 158 valence electrons. The van der Waals surface area contributed by atoms with E-state index in [-0.39, 0.29) is 10.8 Å². The minimum Gasteiger partial charge on any atom is -0.492 e. The highest BCUT2D eigenvalue weighted by atomic mass is 35.5. The number of nitrogens with one attached hydrogen (secondary N) is 1. The Kier molecular flexibility index (Phi) is 6.08. The van der Waals surface area contributed by atoms with Crippen molar-refractivity contribution in [1.29, 1.82) is 0 Å². The monoisotopic (exact) mass is 449 g/mol. The summed E-state index contributed by atoms with van der Waals surface area (Å²) in [4.78, 5) is 0.101. The molecule has 0 aliphatic carbocycles. The van der Waals surface area contributed by atoms with Gasteiger partial charge in [0.2, 0.25) is 10.0 Å². The van der Waals surface area contributed by atoms with E-state index >= 15 is 0 Å². The molecule has 3 aromatic rings. The number of hydrogen-bond acceptors (Lipinski definition) is 4. The summed E-state index contributed by atoms with van der Waals surface area (Å²) < 4.78 is 45.8. The minimum absolute atomic E-state index is 0.00899. The van der Waals surface area contributed by atoms with Gasteiger partial charge in [-0.15, -0.1) is 0 Å². The van der Waals surface area contributed by atoms with E-state index in [1.807, 2.05) is 24.3 Å². The van der Waals surface area contributed by atoms with Crippen LogP contribution in [-0.4, -0.2) is 42.6 Å². The molecule has 1 N–H and O–H groups in total. The van der Waals surface area contributed by atoms with Gasteiger partial charge in [-0.1, -0.05) is 23.7 Å². The zero-order valence-corrected chi connectivity index (χ0v) is 17.7. The topological polar surface area (TPSA) is 75.3 Å². The first-order chi connectivity index (χ1) is 14.4. The predicted molar refractivity (Wildman–Crippen MR) is 112 cm³/mol. The molecule has 0 spiro atoms. The molecule has 1 saturated heterocycles. The molecule has 6 nitrogen and oxygen atoms in total. The molecular formula is C21H21ClFN3O3S. The van der Waals surface area contributed by atoms with Gasteiger partial charge in [0.1, 0.15) is 11.6 Å². The average Bonchev–Trinajstić information content (AvgIpc) is 3.40. The third-order valence-electron chi connectivity index (χ3n) is 5.14. The number of para-hydroxylation sites is 1. The molecule has 0 bridgehead atoms. The molecular weight excluding hydrogens is 429 g/mol. The molecule has 2 aromatic carbocycles. The van der Waals surface area contributed by atoms with Crippen molar-refractivity contribution in [2.24, 2.45) is 0 Å². The summed E-state index contributed by atoms with van der Waals surface area (Å²) >= 11 is 6.08. The zero-order chi connectivity index (χ0) is 21.1. The lowest BCUT2D eigenvalue weighted by molar-refractivity contribution is 0.320. The number of halogens is 2. The molecule has 1 atom stereocenters. The van der Waals surface area contributed by atoms with E-state index in [4.69, 9.17) is 16.3 Å². The number of H-pyrrole nitrogens is 1. The summed E-state index contributed by atoms with van der Waals surface area (Å²) in [6, 6.07) is 14.2. The van der Waals surface area contributed by atoms with Crippen LogP contribution in [0.15, 0.2) is 59.5 Å². The van der Waals surface area contributed by atoms with Crippen LogP contribution in [-0.2, 0) is 16.4 Å². The van der Waals surface area contributed by atoms with Crippen LogP contribution in [0.3, 0.4) is 0 Å². The predicted octanol–water partition coefficient (Wildman–Crippen LogP) is 4.00. The first-order valence-corrected chi connectivity index (χ1v) is 11.4. The molecule has 2 heterocycles. The van der Waals surface area contributed by atoms with Crippen LogP contribution in [0.25, 0.3) is 0 Å². The average molecular weight is 450 g/mol. The Morgan fingerprint density at radius 2 is 1.97 bits per heavy atom. The number of aromatic nitrogens is 2. The molecule has 4 rings (SSSR count). The highest BCUT2D eigenvalue weighted by Crippen LogP contribution is 2.30. The Labute approximate surface area is 179 Å². The van der Waals surface area contributed by atoms with Crippen molar-refractivity contribution in [3.63, 3.8) is 0 Å².